The Morgan fingerprint density at radius 3 is 2.41 bits per heavy atom. The van der Waals surface area contributed by atoms with E-state index >= 15 is 0 Å². The number of thiazole rings is 1. The Morgan fingerprint density at radius 1 is 1.18 bits per heavy atom. The molecule has 1 N–H and O–H groups in total. The minimum Gasteiger partial charge on any atom is -0.346 e. The van der Waals surface area contributed by atoms with Crippen LogP contribution in [0.4, 0.5) is 0 Å². The third kappa shape index (κ3) is 5.20. The number of fused-ring (bicyclic) bond motifs is 1. The maximum absolute atomic E-state index is 12.8. The van der Waals surface area contributed by atoms with E-state index in [2.05, 4.69) is 30.1 Å². The summed E-state index contributed by atoms with van der Waals surface area (Å²) in [5.41, 5.74) is 3.57. The number of carbonyl (C=O) groups excluding carboxylic acids is 1. The van der Waals surface area contributed by atoms with Gasteiger partial charge in [0, 0.05) is 30.8 Å². The van der Waals surface area contributed by atoms with E-state index in [9.17, 15) is 13.2 Å². The minimum atomic E-state index is -3.25. The molecule has 0 spiro atoms. The molecule has 34 heavy (non-hydrogen) atoms. The first-order chi connectivity index (χ1) is 16.2. The molecule has 0 saturated carbocycles. The standard InChI is InChI=1S/C25H26N4O3S2/c1-16(2)23-22-21(15-29(23)14-19-6-4-17(12-26)5-7-19)33-25(28-22)24(30)27-13-18-8-10-20(11-9-18)34(3,31)32/h4-11,16,23H,13-15H2,1-3H3,(H,27,30)/t23-/m0/s1. The van der Waals surface area contributed by atoms with Crippen LogP contribution in [0.25, 0.3) is 0 Å². The highest BCUT2D eigenvalue weighted by Crippen LogP contribution is 2.41. The molecular weight excluding hydrogens is 468 g/mol. The van der Waals surface area contributed by atoms with Crippen LogP contribution in [0, 0.1) is 17.2 Å². The Kier molecular flexibility index (Phi) is 6.84. The molecule has 0 fully saturated rings. The van der Waals surface area contributed by atoms with Crippen molar-refractivity contribution in [3.63, 3.8) is 0 Å². The van der Waals surface area contributed by atoms with Crippen LogP contribution in [0.2, 0.25) is 0 Å². The molecule has 0 radical (unpaired) electrons. The second kappa shape index (κ2) is 9.66. The molecule has 0 unspecified atom stereocenters. The molecule has 1 atom stereocenters. The monoisotopic (exact) mass is 494 g/mol. The maximum atomic E-state index is 12.8. The van der Waals surface area contributed by atoms with E-state index in [0.717, 1.165) is 34.8 Å². The van der Waals surface area contributed by atoms with Crippen molar-refractivity contribution in [3.05, 3.63) is 80.8 Å². The Balaban J connectivity index is 1.43. The lowest BCUT2D eigenvalue weighted by molar-refractivity contribution is 0.0949. The lowest BCUT2D eigenvalue weighted by Gasteiger charge is -2.27. The van der Waals surface area contributed by atoms with Gasteiger partial charge in [-0.2, -0.15) is 5.26 Å². The van der Waals surface area contributed by atoms with Gasteiger partial charge in [0.05, 0.1) is 28.3 Å². The van der Waals surface area contributed by atoms with Crippen molar-refractivity contribution < 1.29 is 13.2 Å². The normalized spacial score (nSPS) is 15.8. The van der Waals surface area contributed by atoms with E-state index in [4.69, 9.17) is 10.2 Å². The van der Waals surface area contributed by atoms with Gasteiger partial charge in [0.2, 0.25) is 0 Å². The van der Waals surface area contributed by atoms with Gasteiger partial charge < -0.3 is 5.32 Å². The van der Waals surface area contributed by atoms with Gasteiger partial charge in [-0.15, -0.1) is 11.3 Å². The number of benzene rings is 2. The molecule has 7 nitrogen and oxygen atoms in total. The first kappa shape index (κ1) is 24.1. The van der Waals surface area contributed by atoms with E-state index in [1.54, 1.807) is 24.3 Å². The fraction of sp³-hybridized carbons (Fsp3) is 0.320. The number of sulfone groups is 1. The third-order valence-corrected chi connectivity index (χ3v) is 8.03. The summed E-state index contributed by atoms with van der Waals surface area (Å²) in [6, 6.07) is 16.4. The quantitative estimate of drug-likeness (QED) is 0.531. The molecule has 2 aromatic carbocycles. The maximum Gasteiger partial charge on any atom is 0.280 e. The van der Waals surface area contributed by atoms with Gasteiger partial charge in [-0.05, 0) is 41.3 Å². The van der Waals surface area contributed by atoms with Gasteiger partial charge in [-0.25, -0.2) is 13.4 Å². The number of nitriles is 1. The van der Waals surface area contributed by atoms with Crippen LogP contribution in [0.3, 0.4) is 0 Å². The summed E-state index contributed by atoms with van der Waals surface area (Å²) in [5, 5.41) is 12.3. The molecule has 1 amide bonds. The van der Waals surface area contributed by atoms with Gasteiger partial charge >= 0.3 is 0 Å². The number of hydrogen-bond donors (Lipinski definition) is 1. The van der Waals surface area contributed by atoms with Gasteiger partial charge in [-0.1, -0.05) is 38.1 Å². The molecule has 2 heterocycles. The molecule has 3 aromatic rings. The van der Waals surface area contributed by atoms with Crippen molar-refractivity contribution in [2.45, 2.75) is 44.4 Å². The molecule has 0 bridgehead atoms. The number of nitrogens with zero attached hydrogens (tertiary/aromatic N) is 3. The Labute approximate surface area is 204 Å². The van der Waals surface area contributed by atoms with Crippen LogP contribution in [0.15, 0.2) is 53.4 Å². The van der Waals surface area contributed by atoms with Crippen LogP contribution >= 0.6 is 11.3 Å². The summed E-state index contributed by atoms with van der Waals surface area (Å²) in [6.07, 6.45) is 1.17. The molecular formula is C25H26N4O3S2. The number of hydrogen-bond acceptors (Lipinski definition) is 7. The van der Waals surface area contributed by atoms with Crippen molar-refractivity contribution in [2.24, 2.45) is 5.92 Å². The SMILES string of the molecule is CC(C)[C@H]1c2nc(C(=O)NCc3ccc(S(C)(=O)=O)cc3)sc2CN1Cc1ccc(C#N)cc1. The van der Waals surface area contributed by atoms with Crippen LogP contribution in [0.1, 0.15) is 57.0 Å². The Hall–Kier alpha value is -3.06. The van der Waals surface area contributed by atoms with Crippen molar-refractivity contribution in [1.29, 1.82) is 5.26 Å². The zero-order valence-electron chi connectivity index (χ0n) is 19.3. The second-order valence-electron chi connectivity index (χ2n) is 8.83. The Morgan fingerprint density at radius 2 is 1.82 bits per heavy atom. The highest BCUT2D eigenvalue weighted by atomic mass is 32.2. The van der Waals surface area contributed by atoms with E-state index in [0.29, 0.717) is 23.0 Å². The summed E-state index contributed by atoms with van der Waals surface area (Å²) in [7, 11) is -3.25. The molecule has 0 saturated heterocycles. The smallest absolute Gasteiger partial charge is 0.280 e. The van der Waals surface area contributed by atoms with Crippen molar-refractivity contribution in [2.75, 3.05) is 6.26 Å². The van der Waals surface area contributed by atoms with E-state index in [1.807, 2.05) is 24.3 Å². The number of rotatable bonds is 7. The van der Waals surface area contributed by atoms with Crippen LogP contribution in [0.5, 0.6) is 0 Å². The van der Waals surface area contributed by atoms with Gasteiger partial charge in [0.25, 0.3) is 5.91 Å². The predicted octanol–water partition coefficient (Wildman–Crippen LogP) is 4.06. The lowest BCUT2D eigenvalue weighted by atomic mass is 10.0. The Bertz CT molecular complexity index is 1340. The first-order valence-electron chi connectivity index (χ1n) is 11.0. The van der Waals surface area contributed by atoms with Gasteiger partial charge in [0.15, 0.2) is 14.8 Å². The number of amides is 1. The van der Waals surface area contributed by atoms with Crippen molar-refractivity contribution in [1.82, 2.24) is 15.2 Å². The predicted molar refractivity (Wildman–Crippen MR) is 131 cm³/mol. The minimum absolute atomic E-state index is 0.118. The summed E-state index contributed by atoms with van der Waals surface area (Å²) < 4.78 is 23.2. The van der Waals surface area contributed by atoms with Crippen LogP contribution in [-0.4, -0.2) is 30.5 Å². The number of aromatic nitrogens is 1. The summed E-state index contributed by atoms with van der Waals surface area (Å²) in [4.78, 5) is 21.2. The molecule has 176 valence electrons. The zero-order chi connectivity index (χ0) is 24.5. The summed E-state index contributed by atoms with van der Waals surface area (Å²) in [5.74, 6) is 0.0961. The molecule has 1 aliphatic heterocycles. The fourth-order valence-corrected chi connectivity index (χ4v) is 5.86. The van der Waals surface area contributed by atoms with Gasteiger partial charge in [0.1, 0.15) is 0 Å². The average molecular weight is 495 g/mol. The van der Waals surface area contributed by atoms with E-state index in [-0.39, 0.29) is 16.8 Å². The van der Waals surface area contributed by atoms with Crippen LogP contribution in [-0.2, 0) is 29.5 Å². The summed E-state index contributed by atoms with van der Waals surface area (Å²) in [6.45, 7) is 6.10. The lowest BCUT2D eigenvalue weighted by Crippen LogP contribution is -2.27. The second-order valence-corrected chi connectivity index (χ2v) is 11.9. The van der Waals surface area contributed by atoms with Gasteiger partial charge in [-0.3, -0.25) is 9.69 Å². The van der Waals surface area contributed by atoms with E-state index < -0.39 is 9.84 Å². The van der Waals surface area contributed by atoms with Crippen molar-refractivity contribution in [3.8, 4) is 6.07 Å². The van der Waals surface area contributed by atoms with E-state index in [1.165, 1.54) is 17.6 Å². The molecule has 0 aliphatic carbocycles. The zero-order valence-corrected chi connectivity index (χ0v) is 20.9. The summed E-state index contributed by atoms with van der Waals surface area (Å²) >= 11 is 1.43. The molecule has 4 rings (SSSR count). The highest BCUT2D eigenvalue weighted by molar-refractivity contribution is 7.90. The fourth-order valence-electron chi connectivity index (χ4n) is 4.18. The number of carbonyl (C=O) groups is 1. The van der Waals surface area contributed by atoms with Crippen LogP contribution < -0.4 is 5.32 Å². The third-order valence-electron chi connectivity index (χ3n) is 5.85. The topological polar surface area (TPSA) is 103 Å². The molecule has 9 heteroatoms. The van der Waals surface area contributed by atoms with Crippen molar-refractivity contribution >= 4 is 27.1 Å². The largest absolute Gasteiger partial charge is 0.346 e. The molecule has 1 aromatic heterocycles. The highest BCUT2D eigenvalue weighted by Gasteiger charge is 2.36. The average Bonchev–Trinajstić information content (AvgIpc) is 3.35. The molecule has 1 aliphatic rings. The number of nitrogens with one attached hydrogen (secondary N) is 1. The first-order valence-corrected chi connectivity index (χ1v) is 13.7.